The molecular weight excluding hydrogens is 406 g/mol. The predicted molar refractivity (Wildman–Crippen MR) is 143 cm³/mol. The molecule has 0 aromatic heterocycles. The van der Waals surface area contributed by atoms with Gasteiger partial charge in [0.2, 0.25) is 0 Å². The zero-order valence-corrected chi connectivity index (χ0v) is 21.0. The third-order valence-electron chi connectivity index (χ3n) is 5.75. The van der Waals surface area contributed by atoms with Crippen LogP contribution < -0.4 is 4.74 Å². The minimum Gasteiger partial charge on any atom is -0.496 e. The molecule has 3 heteroatoms. The molecule has 0 heterocycles. The van der Waals surface area contributed by atoms with Crippen molar-refractivity contribution in [3.63, 3.8) is 0 Å². The van der Waals surface area contributed by atoms with Gasteiger partial charge in [-0.3, -0.25) is 4.90 Å². The Labute approximate surface area is 200 Å². The number of benzene rings is 2. The fourth-order valence-electron chi connectivity index (χ4n) is 4.03. The molecule has 0 unspecified atom stereocenters. The normalized spacial score (nSPS) is 12.8. The van der Waals surface area contributed by atoms with E-state index in [0.29, 0.717) is 0 Å². The van der Waals surface area contributed by atoms with Gasteiger partial charge in [0.15, 0.2) is 0 Å². The Kier molecular flexibility index (Phi) is 10.7. The molecule has 0 N–H and O–H groups in total. The van der Waals surface area contributed by atoms with Crippen LogP contribution in [0.1, 0.15) is 39.2 Å². The van der Waals surface area contributed by atoms with Crippen LogP contribution in [0.5, 0.6) is 5.75 Å². The van der Waals surface area contributed by atoms with Gasteiger partial charge in [-0.1, -0.05) is 80.6 Å². The van der Waals surface area contributed by atoms with Crippen LogP contribution >= 0.6 is 0 Å². The minimum atomic E-state index is 0.720. The SMILES string of the molecule is C=C\C(OC)=C(CN(CCCC)Cc1c(OC)ccc2ccccc12)/C(=C/C=C\C)C(=C)C. The molecular formula is C30H39NO2. The molecule has 33 heavy (non-hydrogen) atoms. The van der Waals surface area contributed by atoms with Crippen molar-refractivity contribution in [2.24, 2.45) is 0 Å². The molecule has 176 valence electrons. The number of unbranched alkanes of at least 4 members (excludes halogenated alkanes) is 1. The number of hydrogen-bond donors (Lipinski definition) is 0. The van der Waals surface area contributed by atoms with Gasteiger partial charge in [0, 0.05) is 24.2 Å². The van der Waals surface area contributed by atoms with E-state index in [9.17, 15) is 0 Å². The minimum absolute atomic E-state index is 0.720. The lowest BCUT2D eigenvalue weighted by Gasteiger charge is -2.27. The van der Waals surface area contributed by atoms with Crippen molar-refractivity contribution in [1.29, 1.82) is 0 Å². The zero-order chi connectivity index (χ0) is 24.2. The summed E-state index contributed by atoms with van der Waals surface area (Å²) in [6.45, 7) is 17.0. The van der Waals surface area contributed by atoms with Gasteiger partial charge < -0.3 is 9.47 Å². The average molecular weight is 446 g/mol. The van der Waals surface area contributed by atoms with E-state index in [4.69, 9.17) is 9.47 Å². The van der Waals surface area contributed by atoms with Gasteiger partial charge in [0.05, 0.1) is 14.2 Å². The van der Waals surface area contributed by atoms with E-state index in [2.05, 4.69) is 67.5 Å². The molecule has 3 nitrogen and oxygen atoms in total. The standard InChI is InChI=1S/C30H39NO2/c1-8-11-16-25(23(4)5)27(29(10-3)32-6)21-31(20-12-9-2)22-28-26-17-14-13-15-24(26)18-19-30(28)33-7/h8,10-11,13-19H,3-4,9,12,20-22H2,1-2,5-7H3/b11-8-,25-16+,29-27+. The summed E-state index contributed by atoms with van der Waals surface area (Å²) in [5, 5.41) is 2.45. The van der Waals surface area contributed by atoms with Crippen LogP contribution in [0.25, 0.3) is 10.8 Å². The first kappa shape index (κ1) is 26.2. The maximum Gasteiger partial charge on any atom is 0.123 e. The Morgan fingerprint density at radius 3 is 2.48 bits per heavy atom. The second-order valence-electron chi connectivity index (χ2n) is 8.17. The molecule has 0 atom stereocenters. The number of ether oxygens (including phenoxy) is 2. The first-order valence-corrected chi connectivity index (χ1v) is 11.7. The van der Waals surface area contributed by atoms with Gasteiger partial charge in [-0.25, -0.2) is 0 Å². The summed E-state index contributed by atoms with van der Waals surface area (Å²) in [5.74, 6) is 1.70. The summed E-state index contributed by atoms with van der Waals surface area (Å²) in [6.07, 6.45) is 10.2. The fourth-order valence-corrected chi connectivity index (χ4v) is 4.03. The Bertz CT molecular complexity index is 1040. The zero-order valence-electron chi connectivity index (χ0n) is 21.0. The molecule has 0 radical (unpaired) electrons. The first-order valence-electron chi connectivity index (χ1n) is 11.7. The van der Waals surface area contributed by atoms with Gasteiger partial charge in [0.1, 0.15) is 11.5 Å². The van der Waals surface area contributed by atoms with Gasteiger partial charge >= 0.3 is 0 Å². The summed E-state index contributed by atoms with van der Waals surface area (Å²) in [5.41, 5.74) is 4.38. The van der Waals surface area contributed by atoms with E-state index in [-0.39, 0.29) is 0 Å². The smallest absolute Gasteiger partial charge is 0.123 e. The Hall–Kier alpha value is -3.04. The van der Waals surface area contributed by atoms with E-state index in [0.717, 1.165) is 60.7 Å². The fraction of sp³-hybridized carbons (Fsp3) is 0.333. The lowest BCUT2D eigenvalue weighted by Crippen LogP contribution is -2.28. The molecule has 0 aliphatic rings. The summed E-state index contributed by atoms with van der Waals surface area (Å²) in [4.78, 5) is 2.47. The highest BCUT2D eigenvalue weighted by Gasteiger charge is 2.19. The topological polar surface area (TPSA) is 21.7 Å². The highest BCUT2D eigenvalue weighted by Crippen LogP contribution is 2.31. The van der Waals surface area contributed by atoms with Gasteiger partial charge in [-0.2, -0.15) is 0 Å². The number of methoxy groups -OCH3 is 2. The van der Waals surface area contributed by atoms with E-state index in [1.54, 1.807) is 20.3 Å². The average Bonchev–Trinajstić information content (AvgIpc) is 2.83. The third-order valence-corrected chi connectivity index (χ3v) is 5.75. The van der Waals surface area contributed by atoms with E-state index < -0.39 is 0 Å². The van der Waals surface area contributed by atoms with Crippen LogP contribution in [0.3, 0.4) is 0 Å². The van der Waals surface area contributed by atoms with Crippen molar-refractivity contribution in [2.45, 2.75) is 40.2 Å². The summed E-state index contributed by atoms with van der Waals surface area (Å²) >= 11 is 0. The molecule has 2 rings (SSSR count). The van der Waals surface area contributed by atoms with Crippen molar-refractivity contribution in [2.75, 3.05) is 27.3 Å². The predicted octanol–water partition coefficient (Wildman–Crippen LogP) is 7.62. The molecule has 2 aromatic rings. The number of rotatable bonds is 13. The van der Waals surface area contributed by atoms with Crippen molar-refractivity contribution >= 4 is 10.8 Å². The Balaban J connectivity index is 2.57. The molecule has 0 aliphatic heterocycles. The third kappa shape index (κ3) is 6.97. The van der Waals surface area contributed by atoms with Crippen molar-refractivity contribution in [3.8, 4) is 5.75 Å². The van der Waals surface area contributed by atoms with Crippen LogP contribution in [0.15, 0.2) is 96.3 Å². The largest absolute Gasteiger partial charge is 0.496 e. The van der Waals surface area contributed by atoms with Crippen LogP contribution in [-0.4, -0.2) is 32.2 Å². The van der Waals surface area contributed by atoms with E-state index >= 15 is 0 Å². The van der Waals surface area contributed by atoms with Crippen molar-refractivity contribution in [1.82, 2.24) is 4.90 Å². The van der Waals surface area contributed by atoms with Crippen molar-refractivity contribution in [3.05, 3.63) is 102 Å². The van der Waals surface area contributed by atoms with Crippen LogP contribution in [0.2, 0.25) is 0 Å². The maximum atomic E-state index is 5.78. The summed E-state index contributed by atoms with van der Waals surface area (Å²) in [7, 11) is 3.45. The van der Waals surface area contributed by atoms with Crippen LogP contribution in [0, 0.1) is 0 Å². The van der Waals surface area contributed by atoms with E-state index in [1.165, 1.54) is 16.3 Å². The molecule has 0 saturated heterocycles. The number of hydrogen-bond acceptors (Lipinski definition) is 3. The lowest BCUT2D eigenvalue weighted by molar-refractivity contribution is 0.264. The van der Waals surface area contributed by atoms with Gasteiger partial charge in [-0.15, -0.1) is 0 Å². The van der Waals surface area contributed by atoms with Crippen molar-refractivity contribution < 1.29 is 9.47 Å². The van der Waals surface area contributed by atoms with Gasteiger partial charge in [-0.05, 0) is 55.3 Å². The van der Waals surface area contributed by atoms with E-state index in [1.807, 2.05) is 26.0 Å². The molecule has 0 bridgehead atoms. The second-order valence-corrected chi connectivity index (χ2v) is 8.17. The van der Waals surface area contributed by atoms with Crippen LogP contribution in [-0.2, 0) is 11.3 Å². The monoisotopic (exact) mass is 445 g/mol. The summed E-state index contributed by atoms with van der Waals surface area (Å²) < 4.78 is 11.5. The number of nitrogens with zero attached hydrogens (tertiary/aromatic N) is 1. The number of allylic oxidation sites excluding steroid dienone is 5. The maximum absolute atomic E-state index is 5.78. The Morgan fingerprint density at radius 1 is 1.12 bits per heavy atom. The lowest BCUT2D eigenvalue weighted by atomic mass is 9.96. The molecule has 0 aliphatic carbocycles. The summed E-state index contributed by atoms with van der Waals surface area (Å²) in [6, 6.07) is 12.7. The molecule has 2 aromatic carbocycles. The van der Waals surface area contributed by atoms with Crippen LogP contribution in [0.4, 0.5) is 0 Å². The Morgan fingerprint density at radius 2 is 1.88 bits per heavy atom. The van der Waals surface area contributed by atoms with Gasteiger partial charge in [0.25, 0.3) is 0 Å². The highest BCUT2D eigenvalue weighted by molar-refractivity contribution is 5.87. The number of fused-ring (bicyclic) bond motifs is 1. The molecule has 0 spiro atoms. The highest BCUT2D eigenvalue weighted by atomic mass is 16.5. The quantitative estimate of drug-likeness (QED) is 0.234. The second kappa shape index (κ2) is 13.5. The molecule has 0 amide bonds. The molecule has 0 fully saturated rings. The molecule has 0 saturated carbocycles. The first-order chi connectivity index (χ1) is 16.0.